The lowest BCUT2D eigenvalue weighted by Crippen LogP contribution is -2.41. The van der Waals surface area contributed by atoms with Crippen molar-refractivity contribution in [2.75, 3.05) is 13.1 Å². The summed E-state index contributed by atoms with van der Waals surface area (Å²) in [5.74, 6) is 0. The Labute approximate surface area is 71.9 Å². The maximum Gasteiger partial charge on any atom is 0.290 e. The second kappa shape index (κ2) is 4.77. The molecular weight excluding hydrogens is 156 g/mol. The normalized spacial score (nSPS) is 25.7. The van der Waals surface area contributed by atoms with Gasteiger partial charge in [0.1, 0.15) is 0 Å². The molecule has 0 aromatic carbocycles. The van der Waals surface area contributed by atoms with Gasteiger partial charge in [-0.2, -0.15) is 0 Å². The predicted molar refractivity (Wildman–Crippen MR) is 45.6 cm³/mol. The van der Waals surface area contributed by atoms with Crippen LogP contribution in [-0.2, 0) is 4.79 Å². The smallest absolute Gasteiger partial charge is 0.290 e. The molecule has 2 N–H and O–H groups in total. The van der Waals surface area contributed by atoms with E-state index in [4.69, 9.17) is 9.90 Å². The standard InChI is InChI=1S/C7H12N2.CH2O2/c1-3-7-8-4-2-6-9(7)5-1;2-1-3/h2,6-8H,1,3-5H2;1H,(H,2,3). The van der Waals surface area contributed by atoms with Gasteiger partial charge in [-0.15, -0.1) is 0 Å². The SMILES string of the molecule is C1=CN2CCCC2NC1.O=CO. The zero-order chi connectivity index (χ0) is 8.81. The van der Waals surface area contributed by atoms with E-state index >= 15 is 0 Å². The van der Waals surface area contributed by atoms with E-state index < -0.39 is 0 Å². The summed E-state index contributed by atoms with van der Waals surface area (Å²) in [7, 11) is 0. The molecule has 68 valence electrons. The summed E-state index contributed by atoms with van der Waals surface area (Å²) in [6.07, 6.45) is 7.73. The first kappa shape index (κ1) is 9.06. The van der Waals surface area contributed by atoms with Gasteiger partial charge in [-0.3, -0.25) is 10.1 Å². The highest BCUT2D eigenvalue weighted by Gasteiger charge is 2.21. The summed E-state index contributed by atoms with van der Waals surface area (Å²) >= 11 is 0. The molecule has 0 aromatic rings. The second-order valence-electron chi connectivity index (χ2n) is 2.79. The maximum absolute atomic E-state index is 8.36. The monoisotopic (exact) mass is 170 g/mol. The van der Waals surface area contributed by atoms with Crippen molar-refractivity contribution >= 4 is 6.47 Å². The van der Waals surface area contributed by atoms with E-state index in [1.54, 1.807) is 0 Å². The lowest BCUT2D eigenvalue weighted by molar-refractivity contribution is -0.122. The molecule has 0 bridgehead atoms. The highest BCUT2D eigenvalue weighted by molar-refractivity contribution is 5.32. The molecule has 4 heteroatoms. The van der Waals surface area contributed by atoms with Gasteiger partial charge in [0, 0.05) is 13.1 Å². The third-order valence-electron chi connectivity index (χ3n) is 2.06. The summed E-state index contributed by atoms with van der Waals surface area (Å²) in [5, 5.41) is 10.3. The minimum atomic E-state index is -0.250. The van der Waals surface area contributed by atoms with Gasteiger partial charge < -0.3 is 10.0 Å². The Morgan fingerprint density at radius 1 is 1.67 bits per heavy atom. The average molecular weight is 170 g/mol. The molecule has 12 heavy (non-hydrogen) atoms. The Bertz CT molecular complexity index is 170. The molecule has 0 saturated carbocycles. The lowest BCUT2D eigenvalue weighted by atomic mass is 10.3. The number of carbonyl (C=O) groups is 1. The van der Waals surface area contributed by atoms with Crippen molar-refractivity contribution in [2.24, 2.45) is 0 Å². The van der Waals surface area contributed by atoms with Crippen molar-refractivity contribution in [3.63, 3.8) is 0 Å². The van der Waals surface area contributed by atoms with Crippen LogP contribution in [-0.4, -0.2) is 35.7 Å². The molecule has 1 fully saturated rings. The van der Waals surface area contributed by atoms with Crippen LogP contribution in [0.4, 0.5) is 0 Å². The van der Waals surface area contributed by atoms with E-state index in [1.165, 1.54) is 19.4 Å². The fourth-order valence-electron chi connectivity index (χ4n) is 1.58. The minimum Gasteiger partial charge on any atom is -0.483 e. The molecule has 1 saturated heterocycles. The Hall–Kier alpha value is -1.03. The maximum atomic E-state index is 8.36. The van der Waals surface area contributed by atoms with Gasteiger partial charge in [0.2, 0.25) is 0 Å². The van der Waals surface area contributed by atoms with Gasteiger partial charge >= 0.3 is 0 Å². The summed E-state index contributed by atoms with van der Waals surface area (Å²) in [5.41, 5.74) is 0. The fourth-order valence-corrected chi connectivity index (χ4v) is 1.58. The third kappa shape index (κ3) is 2.23. The highest BCUT2D eigenvalue weighted by atomic mass is 16.3. The molecule has 1 unspecified atom stereocenters. The lowest BCUT2D eigenvalue weighted by Gasteiger charge is -2.26. The van der Waals surface area contributed by atoms with Crippen molar-refractivity contribution in [2.45, 2.75) is 19.0 Å². The van der Waals surface area contributed by atoms with Crippen LogP contribution in [0.15, 0.2) is 12.3 Å². The van der Waals surface area contributed by atoms with Crippen LogP contribution in [0.2, 0.25) is 0 Å². The van der Waals surface area contributed by atoms with Crippen LogP contribution in [0.25, 0.3) is 0 Å². The molecule has 4 nitrogen and oxygen atoms in total. The number of nitrogens with one attached hydrogen (secondary N) is 1. The van der Waals surface area contributed by atoms with E-state index in [1.807, 2.05) is 0 Å². The van der Waals surface area contributed by atoms with E-state index in [0.29, 0.717) is 6.17 Å². The van der Waals surface area contributed by atoms with Gasteiger partial charge in [-0.05, 0) is 19.0 Å². The van der Waals surface area contributed by atoms with Crippen LogP contribution in [0, 0.1) is 0 Å². The van der Waals surface area contributed by atoms with Crippen LogP contribution in [0.1, 0.15) is 12.8 Å². The average Bonchev–Trinajstić information content (AvgIpc) is 2.52. The molecule has 2 heterocycles. The zero-order valence-electron chi connectivity index (χ0n) is 6.94. The van der Waals surface area contributed by atoms with Crippen LogP contribution in [0.5, 0.6) is 0 Å². The number of rotatable bonds is 0. The molecule has 0 amide bonds. The summed E-state index contributed by atoms with van der Waals surface area (Å²) in [6, 6.07) is 0. The Balaban J connectivity index is 0.000000213. The van der Waals surface area contributed by atoms with Gasteiger partial charge in [0.05, 0.1) is 6.17 Å². The highest BCUT2D eigenvalue weighted by Crippen LogP contribution is 2.16. The fraction of sp³-hybridized carbons (Fsp3) is 0.625. The summed E-state index contributed by atoms with van der Waals surface area (Å²) in [6.45, 7) is 2.05. The predicted octanol–water partition coefficient (Wildman–Crippen LogP) is 0.226. The molecular formula is C8H14N2O2. The zero-order valence-corrected chi connectivity index (χ0v) is 6.94. The summed E-state index contributed by atoms with van der Waals surface area (Å²) < 4.78 is 0. The van der Waals surface area contributed by atoms with Gasteiger partial charge in [-0.1, -0.05) is 6.08 Å². The van der Waals surface area contributed by atoms with Crippen molar-refractivity contribution < 1.29 is 9.90 Å². The van der Waals surface area contributed by atoms with Gasteiger partial charge in [0.25, 0.3) is 6.47 Å². The topological polar surface area (TPSA) is 52.6 Å². The molecule has 1 atom stereocenters. The number of fused-ring (bicyclic) bond motifs is 1. The number of hydrogen-bond donors (Lipinski definition) is 2. The van der Waals surface area contributed by atoms with Crippen molar-refractivity contribution in [3.8, 4) is 0 Å². The molecule has 2 aliphatic rings. The molecule has 0 spiro atoms. The van der Waals surface area contributed by atoms with Crippen molar-refractivity contribution in [3.05, 3.63) is 12.3 Å². The van der Waals surface area contributed by atoms with Gasteiger partial charge in [-0.25, -0.2) is 0 Å². The minimum absolute atomic E-state index is 0.250. The first-order valence-corrected chi connectivity index (χ1v) is 4.12. The number of hydrogen-bond acceptors (Lipinski definition) is 3. The molecule has 0 radical (unpaired) electrons. The quantitative estimate of drug-likeness (QED) is 0.511. The largest absolute Gasteiger partial charge is 0.483 e. The molecule has 0 aliphatic carbocycles. The first-order valence-electron chi connectivity index (χ1n) is 4.12. The van der Waals surface area contributed by atoms with Crippen molar-refractivity contribution in [1.29, 1.82) is 0 Å². The van der Waals surface area contributed by atoms with E-state index in [0.717, 1.165) is 6.54 Å². The number of nitrogens with zero attached hydrogens (tertiary/aromatic N) is 1. The van der Waals surface area contributed by atoms with E-state index in [9.17, 15) is 0 Å². The Kier molecular flexibility index (Phi) is 3.60. The second-order valence-corrected chi connectivity index (χ2v) is 2.79. The van der Waals surface area contributed by atoms with Gasteiger partial charge in [0.15, 0.2) is 0 Å². The third-order valence-corrected chi connectivity index (χ3v) is 2.06. The number of carboxylic acid groups (broad SMARTS) is 1. The first-order chi connectivity index (χ1) is 5.88. The molecule has 0 aromatic heterocycles. The van der Waals surface area contributed by atoms with Crippen LogP contribution < -0.4 is 5.32 Å². The Morgan fingerprint density at radius 2 is 2.42 bits per heavy atom. The van der Waals surface area contributed by atoms with Crippen LogP contribution >= 0.6 is 0 Å². The molecule has 2 aliphatic heterocycles. The van der Waals surface area contributed by atoms with E-state index in [-0.39, 0.29) is 6.47 Å². The van der Waals surface area contributed by atoms with E-state index in [2.05, 4.69) is 22.5 Å². The molecule has 2 rings (SSSR count). The van der Waals surface area contributed by atoms with Crippen molar-refractivity contribution in [1.82, 2.24) is 10.2 Å². The van der Waals surface area contributed by atoms with Crippen LogP contribution in [0.3, 0.4) is 0 Å². The Morgan fingerprint density at radius 3 is 3.08 bits per heavy atom. The summed E-state index contributed by atoms with van der Waals surface area (Å²) in [4.78, 5) is 10.7.